The summed E-state index contributed by atoms with van der Waals surface area (Å²) in [5, 5.41) is 11.1. The first-order chi connectivity index (χ1) is 11.2. The maximum Gasteiger partial charge on any atom is 0.307 e. The number of ether oxygens (including phenoxy) is 2. The standard InChI is InChI=1S/C19H16O4/c1-22-16-8-6-13-7-9-17(11-15(13)10-16)23-18-5-3-2-4-14(18)12-19(20)21/h2-11H,12H2,1H3,(H,20,21). The molecule has 0 heterocycles. The third-order valence-electron chi connectivity index (χ3n) is 3.56. The van der Waals surface area contributed by atoms with Gasteiger partial charge in [-0.1, -0.05) is 30.3 Å². The van der Waals surface area contributed by atoms with E-state index in [2.05, 4.69) is 0 Å². The fourth-order valence-corrected chi connectivity index (χ4v) is 2.43. The molecule has 0 bridgehead atoms. The summed E-state index contributed by atoms with van der Waals surface area (Å²) >= 11 is 0. The molecule has 3 aromatic carbocycles. The Balaban J connectivity index is 1.94. The first-order valence-corrected chi connectivity index (χ1v) is 7.21. The molecule has 4 nitrogen and oxygen atoms in total. The summed E-state index contributed by atoms with van der Waals surface area (Å²) in [4.78, 5) is 10.9. The van der Waals surface area contributed by atoms with Crippen LogP contribution in [-0.2, 0) is 11.2 Å². The van der Waals surface area contributed by atoms with E-state index >= 15 is 0 Å². The van der Waals surface area contributed by atoms with E-state index in [1.54, 1.807) is 25.3 Å². The second kappa shape index (κ2) is 6.40. The maximum atomic E-state index is 10.9. The monoisotopic (exact) mass is 308 g/mol. The molecular formula is C19H16O4. The van der Waals surface area contributed by atoms with Crippen molar-refractivity contribution >= 4 is 16.7 Å². The Hall–Kier alpha value is -3.01. The van der Waals surface area contributed by atoms with Crippen LogP contribution in [0.1, 0.15) is 5.56 Å². The fourth-order valence-electron chi connectivity index (χ4n) is 2.43. The van der Waals surface area contributed by atoms with Crippen LogP contribution in [0.5, 0.6) is 17.2 Å². The molecule has 0 saturated heterocycles. The van der Waals surface area contributed by atoms with Gasteiger partial charge in [-0.15, -0.1) is 0 Å². The van der Waals surface area contributed by atoms with E-state index in [-0.39, 0.29) is 6.42 Å². The molecule has 4 heteroatoms. The van der Waals surface area contributed by atoms with Crippen molar-refractivity contribution in [1.29, 1.82) is 0 Å². The molecule has 3 rings (SSSR count). The van der Waals surface area contributed by atoms with Gasteiger partial charge in [0.2, 0.25) is 0 Å². The minimum atomic E-state index is -0.885. The minimum absolute atomic E-state index is 0.0718. The zero-order valence-corrected chi connectivity index (χ0v) is 12.7. The molecule has 1 N–H and O–H groups in total. The Bertz CT molecular complexity index is 855. The number of fused-ring (bicyclic) bond motifs is 1. The Morgan fingerprint density at radius 2 is 1.65 bits per heavy atom. The summed E-state index contributed by atoms with van der Waals surface area (Å²) in [5.41, 5.74) is 0.644. The Morgan fingerprint density at radius 3 is 2.39 bits per heavy atom. The molecule has 3 aromatic rings. The normalized spacial score (nSPS) is 10.5. The lowest BCUT2D eigenvalue weighted by atomic mass is 10.1. The largest absolute Gasteiger partial charge is 0.497 e. The van der Waals surface area contributed by atoms with Gasteiger partial charge in [0, 0.05) is 5.56 Å². The van der Waals surface area contributed by atoms with Crippen LogP contribution >= 0.6 is 0 Å². The van der Waals surface area contributed by atoms with Gasteiger partial charge in [-0.2, -0.15) is 0 Å². The average Bonchev–Trinajstić information content (AvgIpc) is 2.55. The van der Waals surface area contributed by atoms with Gasteiger partial charge >= 0.3 is 5.97 Å². The van der Waals surface area contributed by atoms with Crippen LogP contribution in [0.25, 0.3) is 10.8 Å². The highest BCUT2D eigenvalue weighted by molar-refractivity contribution is 5.85. The number of hydrogen-bond acceptors (Lipinski definition) is 3. The second-order valence-corrected chi connectivity index (χ2v) is 5.16. The first-order valence-electron chi connectivity index (χ1n) is 7.21. The third kappa shape index (κ3) is 3.43. The number of hydrogen-bond donors (Lipinski definition) is 1. The Labute approximate surface area is 133 Å². The van der Waals surface area contributed by atoms with Crippen LogP contribution < -0.4 is 9.47 Å². The summed E-state index contributed by atoms with van der Waals surface area (Å²) < 4.78 is 11.1. The molecule has 0 fully saturated rings. The molecule has 23 heavy (non-hydrogen) atoms. The van der Waals surface area contributed by atoms with Gasteiger partial charge in [-0.05, 0) is 41.1 Å². The van der Waals surface area contributed by atoms with Crippen molar-refractivity contribution in [3.8, 4) is 17.2 Å². The quantitative estimate of drug-likeness (QED) is 0.765. The number of methoxy groups -OCH3 is 1. The fraction of sp³-hybridized carbons (Fsp3) is 0.105. The number of benzene rings is 3. The van der Waals surface area contributed by atoms with E-state index in [4.69, 9.17) is 14.6 Å². The van der Waals surface area contributed by atoms with Crippen LogP contribution in [0.2, 0.25) is 0 Å². The van der Waals surface area contributed by atoms with E-state index in [9.17, 15) is 4.79 Å². The Kier molecular flexibility index (Phi) is 4.15. The molecular weight excluding hydrogens is 292 g/mol. The second-order valence-electron chi connectivity index (χ2n) is 5.16. The lowest BCUT2D eigenvalue weighted by Crippen LogP contribution is -2.01. The molecule has 0 aliphatic heterocycles. The third-order valence-corrected chi connectivity index (χ3v) is 3.56. The molecule has 0 radical (unpaired) electrons. The molecule has 0 aromatic heterocycles. The molecule has 0 unspecified atom stereocenters. The van der Waals surface area contributed by atoms with Gasteiger partial charge in [0.25, 0.3) is 0 Å². The van der Waals surface area contributed by atoms with Crippen molar-refractivity contribution in [3.63, 3.8) is 0 Å². The molecule has 0 spiro atoms. The molecule has 0 saturated carbocycles. The van der Waals surface area contributed by atoms with E-state index in [1.807, 2.05) is 42.5 Å². The molecule has 0 aliphatic carbocycles. The van der Waals surface area contributed by atoms with Gasteiger partial charge < -0.3 is 14.6 Å². The van der Waals surface area contributed by atoms with Crippen molar-refractivity contribution in [2.24, 2.45) is 0 Å². The van der Waals surface area contributed by atoms with Crippen LogP contribution in [0.3, 0.4) is 0 Å². The lowest BCUT2D eigenvalue weighted by molar-refractivity contribution is -0.136. The minimum Gasteiger partial charge on any atom is -0.497 e. The van der Waals surface area contributed by atoms with Gasteiger partial charge in [-0.25, -0.2) is 0 Å². The maximum absolute atomic E-state index is 10.9. The van der Waals surface area contributed by atoms with E-state index in [1.165, 1.54) is 0 Å². The first kappa shape index (κ1) is 14.9. The SMILES string of the molecule is COc1ccc2ccc(Oc3ccccc3CC(=O)O)cc2c1. The molecule has 116 valence electrons. The summed E-state index contributed by atoms with van der Waals surface area (Å²) in [6, 6.07) is 18.7. The van der Waals surface area contributed by atoms with E-state index in [0.717, 1.165) is 16.5 Å². The van der Waals surface area contributed by atoms with E-state index < -0.39 is 5.97 Å². The summed E-state index contributed by atoms with van der Waals surface area (Å²) in [6.07, 6.45) is -0.0718. The van der Waals surface area contributed by atoms with Crippen LogP contribution in [0.15, 0.2) is 60.7 Å². The molecule has 0 amide bonds. The van der Waals surface area contributed by atoms with Crippen molar-refractivity contribution in [3.05, 3.63) is 66.2 Å². The van der Waals surface area contributed by atoms with Crippen LogP contribution in [0.4, 0.5) is 0 Å². The lowest BCUT2D eigenvalue weighted by Gasteiger charge is -2.11. The van der Waals surface area contributed by atoms with Gasteiger partial charge in [0.15, 0.2) is 0 Å². The van der Waals surface area contributed by atoms with Crippen molar-refractivity contribution in [2.45, 2.75) is 6.42 Å². The number of carboxylic acids is 1. The van der Waals surface area contributed by atoms with Crippen molar-refractivity contribution in [2.75, 3.05) is 7.11 Å². The number of carbonyl (C=O) groups is 1. The van der Waals surface area contributed by atoms with E-state index in [0.29, 0.717) is 17.1 Å². The summed E-state index contributed by atoms with van der Waals surface area (Å²) in [7, 11) is 1.63. The predicted molar refractivity (Wildman–Crippen MR) is 88.4 cm³/mol. The Morgan fingerprint density at radius 1 is 0.957 bits per heavy atom. The highest BCUT2D eigenvalue weighted by Gasteiger charge is 2.08. The summed E-state index contributed by atoms with van der Waals surface area (Å²) in [6.45, 7) is 0. The number of para-hydroxylation sites is 1. The zero-order valence-electron chi connectivity index (χ0n) is 12.7. The predicted octanol–water partition coefficient (Wildman–Crippen LogP) is 4.27. The van der Waals surface area contributed by atoms with Gasteiger partial charge in [-0.3, -0.25) is 4.79 Å². The van der Waals surface area contributed by atoms with Crippen molar-refractivity contribution < 1.29 is 19.4 Å². The highest BCUT2D eigenvalue weighted by Crippen LogP contribution is 2.30. The number of aliphatic carboxylic acids is 1. The average molecular weight is 308 g/mol. The van der Waals surface area contributed by atoms with Gasteiger partial charge in [0.1, 0.15) is 17.2 Å². The number of carboxylic acid groups (broad SMARTS) is 1. The van der Waals surface area contributed by atoms with Gasteiger partial charge in [0.05, 0.1) is 13.5 Å². The smallest absolute Gasteiger partial charge is 0.307 e. The van der Waals surface area contributed by atoms with Crippen LogP contribution in [-0.4, -0.2) is 18.2 Å². The summed E-state index contributed by atoms with van der Waals surface area (Å²) in [5.74, 6) is 1.10. The zero-order chi connectivity index (χ0) is 16.2. The van der Waals surface area contributed by atoms with Crippen LogP contribution in [0, 0.1) is 0 Å². The topological polar surface area (TPSA) is 55.8 Å². The van der Waals surface area contributed by atoms with Crippen molar-refractivity contribution in [1.82, 2.24) is 0 Å². The highest BCUT2D eigenvalue weighted by atomic mass is 16.5. The number of rotatable bonds is 5. The molecule has 0 atom stereocenters. The molecule has 0 aliphatic rings.